The topological polar surface area (TPSA) is 75.6 Å². The van der Waals surface area contributed by atoms with E-state index in [2.05, 4.69) is 5.32 Å². The molecule has 0 aliphatic rings. The second kappa shape index (κ2) is 7.83. The van der Waals surface area contributed by atoms with E-state index in [0.29, 0.717) is 0 Å². The molecule has 0 fully saturated rings. The van der Waals surface area contributed by atoms with Crippen LogP contribution in [0.4, 0.5) is 4.79 Å². The molecule has 1 amide bonds. The Hall–Kier alpha value is -2.82. The van der Waals surface area contributed by atoms with E-state index in [4.69, 9.17) is 4.74 Å². The maximum Gasteiger partial charge on any atom is 0.407 e. The zero-order valence-electron chi connectivity index (χ0n) is 14.7. The molecule has 1 atom stereocenters. The molecule has 5 heteroatoms. The molecular weight excluding hydrogens is 318 g/mol. The molecule has 0 saturated carbocycles. The first-order chi connectivity index (χ1) is 11.8. The summed E-state index contributed by atoms with van der Waals surface area (Å²) in [6.45, 7) is 5.19. The standard InChI is InChI=1S/C20H23NO4/c1-14-9-7-8-12-16(14)17(20(2,3)18(22)23)21-19(24)25-13-15-10-5-4-6-11-15/h4-12,17H,13H2,1-3H3,(H,21,24)(H,22,23)/t17-/m0/s1. The van der Waals surface area contributed by atoms with Gasteiger partial charge in [0, 0.05) is 0 Å². The summed E-state index contributed by atoms with van der Waals surface area (Å²) >= 11 is 0. The van der Waals surface area contributed by atoms with Crippen LogP contribution in [0.5, 0.6) is 0 Å². The normalized spacial score (nSPS) is 12.3. The molecule has 0 aliphatic carbocycles. The summed E-state index contributed by atoms with van der Waals surface area (Å²) in [6.07, 6.45) is -0.647. The Morgan fingerprint density at radius 3 is 2.28 bits per heavy atom. The third kappa shape index (κ3) is 4.59. The van der Waals surface area contributed by atoms with Crippen molar-refractivity contribution in [3.05, 3.63) is 71.3 Å². The predicted molar refractivity (Wildman–Crippen MR) is 95.1 cm³/mol. The van der Waals surface area contributed by atoms with Gasteiger partial charge in [0.25, 0.3) is 0 Å². The van der Waals surface area contributed by atoms with Gasteiger partial charge >= 0.3 is 12.1 Å². The highest BCUT2D eigenvalue weighted by Gasteiger charge is 2.39. The summed E-state index contributed by atoms with van der Waals surface area (Å²) in [4.78, 5) is 24.0. The molecule has 0 bridgehead atoms. The van der Waals surface area contributed by atoms with E-state index in [1.807, 2.05) is 61.5 Å². The number of carboxylic acids is 1. The van der Waals surface area contributed by atoms with Gasteiger partial charge in [0.2, 0.25) is 0 Å². The number of carboxylic acid groups (broad SMARTS) is 1. The molecule has 0 aromatic heterocycles. The van der Waals surface area contributed by atoms with E-state index in [0.717, 1.165) is 16.7 Å². The summed E-state index contributed by atoms with van der Waals surface area (Å²) in [6, 6.07) is 16.0. The van der Waals surface area contributed by atoms with Crippen LogP contribution in [0.3, 0.4) is 0 Å². The number of amides is 1. The smallest absolute Gasteiger partial charge is 0.407 e. The first-order valence-corrected chi connectivity index (χ1v) is 8.08. The largest absolute Gasteiger partial charge is 0.481 e. The number of hydrogen-bond donors (Lipinski definition) is 2. The Kier molecular flexibility index (Phi) is 5.80. The molecule has 25 heavy (non-hydrogen) atoms. The molecule has 2 aromatic rings. The molecule has 2 aromatic carbocycles. The summed E-state index contributed by atoms with van der Waals surface area (Å²) in [5.41, 5.74) is 1.33. The fraction of sp³-hybridized carbons (Fsp3) is 0.300. The van der Waals surface area contributed by atoms with Gasteiger partial charge in [-0.05, 0) is 37.5 Å². The van der Waals surface area contributed by atoms with Crippen LogP contribution in [0.15, 0.2) is 54.6 Å². The number of benzene rings is 2. The number of ether oxygens (including phenoxy) is 1. The lowest BCUT2D eigenvalue weighted by molar-refractivity contribution is -0.148. The van der Waals surface area contributed by atoms with Crippen molar-refractivity contribution < 1.29 is 19.4 Å². The number of aryl methyl sites for hydroxylation is 1. The Labute approximate surface area is 147 Å². The second-order valence-electron chi connectivity index (χ2n) is 6.52. The van der Waals surface area contributed by atoms with Gasteiger partial charge in [-0.1, -0.05) is 54.6 Å². The Morgan fingerprint density at radius 2 is 1.68 bits per heavy atom. The molecular formula is C20H23NO4. The van der Waals surface area contributed by atoms with E-state index in [-0.39, 0.29) is 6.61 Å². The van der Waals surface area contributed by atoms with Gasteiger partial charge in [-0.3, -0.25) is 4.79 Å². The maximum atomic E-state index is 12.3. The van der Waals surface area contributed by atoms with Gasteiger partial charge in [-0.25, -0.2) is 4.79 Å². The minimum Gasteiger partial charge on any atom is -0.481 e. The third-order valence-electron chi connectivity index (χ3n) is 4.25. The van der Waals surface area contributed by atoms with Crippen molar-refractivity contribution in [3.63, 3.8) is 0 Å². The van der Waals surface area contributed by atoms with E-state index in [1.165, 1.54) is 0 Å². The summed E-state index contributed by atoms with van der Waals surface area (Å²) < 4.78 is 5.25. The van der Waals surface area contributed by atoms with E-state index >= 15 is 0 Å². The average Bonchev–Trinajstić information content (AvgIpc) is 2.59. The number of hydrogen-bond acceptors (Lipinski definition) is 3. The molecule has 132 valence electrons. The molecule has 0 unspecified atom stereocenters. The molecule has 0 radical (unpaired) electrons. The van der Waals surface area contributed by atoms with E-state index in [1.54, 1.807) is 13.8 Å². The van der Waals surface area contributed by atoms with Crippen molar-refractivity contribution in [1.29, 1.82) is 0 Å². The van der Waals surface area contributed by atoms with Crippen molar-refractivity contribution >= 4 is 12.1 Å². The fourth-order valence-corrected chi connectivity index (χ4v) is 2.56. The van der Waals surface area contributed by atoms with Gasteiger partial charge < -0.3 is 15.2 Å². The van der Waals surface area contributed by atoms with Gasteiger partial charge in [0.15, 0.2) is 0 Å². The fourth-order valence-electron chi connectivity index (χ4n) is 2.56. The number of rotatable bonds is 6. The number of carbonyl (C=O) groups excluding carboxylic acids is 1. The van der Waals surface area contributed by atoms with Gasteiger partial charge in [0.1, 0.15) is 6.61 Å². The van der Waals surface area contributed by atoms with Crippen LogP contribution in [0.1, 0.15) is 36.6 Å². The molecule has 2 rings (SSSR count). The van der Waals surface area contributed by atoms with Crippen LogP contribution in [-0.2, 0) is 16.1 Å². The average molecular weight is 341 g/mol. The third-order valence-corrected chi connectivity index (χ3v) is 4.25. The molecule has 2 N–H and O–H groups in total. The lowest BCUT2D eigenvalue weighted by Gasteiger charge is -2.32. The van der Waals surface area contributed by atoms with Gasteiger partial charge in [-0.2, -0.15) is 0 Å². The first kappa shape index (κ1) is 18.5. The number of alkyl carbamates (subject to hydrolysis) is 1. The Bertz CT molecular complexity index is 740. The molecule has 0 aliphatic heterocycles. The van der Waals surface area contributed by atoms with Crippen LogP contribution in [0, 0.1) is 12.3 Å². The lowest BCUT2D eigenvalue weighted by atomic mass is 9.79. The highest BCUT2D eigenvalue weighted by atomic mass is 16.5. The predicted octanol–water partition coefficient (Wildman–Crippen LogP) is 4.07. The monoisotopic (exact) mass is 341 g/mol. The Morgan fingerprint density at radius 1 is 1.08 bits per heavy atom. The molecule has 5 nitrogen and oxygen atoms in total. The van der Waals surface area contributed by atoms with Crippen molar-refractivity contribution in [1.82, 2.24) is 5.32 Å². The second-order valence-corrected chi connectivity index (χ2v) is 6.52. The van der Waals surface area contributed by atoms with Crippen LogP contribution in [0.2, 0.25) is 0 Å². The van der Waals surface area contributed by atoms with Crippen molar-refractivity contribution in [2.75, 3.05) is 0 Å². The van der Waals surface area contributed by atoms with Crippen LogP contribution in [0.25, 0.3) is 0 Å². The van der Waals surface area contributed by atoms with Gasteiger partial charge in [0.05, 0.1) is 11.5 Å². The molecule has 0 spiro atoms. The van der Waals surface area contributed by atoms with Gasteiger partial charge in [-0.15, -0.1) is 0 Å². The highest BCUT2D eigenvalue weighted by Crippen LogP contribution is 2.35. The van der Waals surface area contributed by atoms with E-state index in [9.17, 15) is 14.7 Å². The van der Waals surface area contributed by atoms with Crippen molar-refractivity contribution in [2.45, 2.75) is 33.4 Å². The summed E-state index contributed by atoms with van der Waals surface area (Å²) in [5.74, 6) is -0.996. The molecule has 0 saturated heterocycles. The SMILES string of the molecule is Cc1ccccc1[C@H](NC(=O)OCc1ccccc1)C(C)(C)C(=O)O. The van der Waals surface area contributed by atoms with Crippen LogP contribution in [-0.4, -0.2) is 17.2 Å². The van der Waals surface area contributed by atoms with Crippen LogP contribution < -0.4 is 5.32 Å². The quantitative estimate of drug-likeness (QED) is 0.830. The minimum atomic E-state index is -1.20. The van der Waals surface area contributed by atoms with Crippen molar-refractivity contribution in [2.24, 2.45) is 5.41 Å². The highest BCUT2D eigenvalue weighted by molar-refractivity contribution is 5.77. The first-order valence-electron chi connectivity index (χ1n) is 8.08. The minimum absolute atomic E-state index is 0.126. The number of aliphatic carboxylic acids is 1. The maximum absolute atomic E-state index is 12.3. The summed E-state index contributed by atoms with van der Waals surface area (Å²) in [5, 5.41) is 12.3. The van der Waals surface area contributed by atoms with Crippen LogP contribution >= 0.6 is 0 Å². The number of nitrogens with one attached hydrogen (secondary N) is 1. The van der Waals surface area contributed by atoms with Crippen molar-refractivity contribution in [3.8, 4) is 0 Å². The lowest BCUT2D eigenvalue weighted by Crippen LogP contribution is -2.43. The summed E-state index contributed by atoms with van der Waals surface area (Å²) in [7, 11) is 0. The Balaban J connectivity index is 2.17. The molecule has 0 heterocycles. The zero-order chi connectivity index (χ0) is 18.4. The van der Waals surface area contributed by atoms with E-state index < -0.39 is 23.5 Å². The number of carbonyl (C=O) groups is 2. The zero-order valence-corrected chi connectivity index (χ0v) is 14.7.